The molecule has 0 aliphatic carbocycles. The Kier molecular flexibility index (Phi) is 4.16. The number of hydrogen-bond donors (Lipinski definition) is 2. The maximum Gasteiger partial charge on any atom is 0.181 e. The first-order chi connectivity index (χ1) is 10.8. The van der Waals surface area contributed by atoms with Gasteiger partial charge >= 0.3 is 0 Å². The van der Waals surface area contributed by atoms with Gasteiger partial charge in [-0.1, -0.05) is 36.4 Å². The molecule has 22 heavy (non-hydrogen) atoms. The van der Waals surface area contributed by atoms with Crippen molar-refractivity contribution in [2.24, 2.45) is 0 Å². The first-order valence-electron chi connectivity index (χ1n) is 7.16. The van der Waals surface area contributed by atoms with Crippen LogP contribution in [0.1, 0.15) is 12.5 Å². The summed E-state index contributed by atoms with van der Waals surface area (Å²) in [4.78, 5) is 4.53. The van der Waals surface area contributed by atoms with Crippen molar-refractivity contribution in [1.29, 1.82) is 0 Å². The van der Waals surface area contributed by atoms with Gasteiger partial charge in [0.15, 0.2) is 11.6 Å². The van der Waals surface area contributed by atoms with Crippen molar-refractivity contribution < 1.29 is 9.84 Å². The molecule has 3 aromatic rings. The van der Waals surface area contributed by atoms with Crippen molar-refractivity contribution in [3.8, 4) is 28.5 Å². The quantitative estimate of drug-likeness (QED) is 0.759. The van der Waals surface area contributed by atoms with Crippen LogP contribution in [0.15, 0.2) is 48.5 Å². The molecule has 0 aliphatic rings. The van der Waals surface area contributed by atoms with Gasteiger partial charge in [-0.05, 0) is 24.6 Å². The second-order valence-electron chi connectivity index (χ2n) is 4.78. The molecular weight excluding hydrogens is 278 g/mol. The largest absolute Gasteiger partial charge is 0.494 e. The molecule has 0 atom stereocenters. The number of hydrogen-bond acceptors (Lipinski definition) is 4. The maximum atomic E-state index is 9.42. The van der Waals surface area contributed by atoms with Crippen LogP contribution in [0.2, 0.25) is 0 Å². The minimum Gasteiger partial charge on any atom is -0.494 e. The third-order valence-electron chi connectivity index (χ3n) is 3.33. The van der Waals surface area contributed by atoms with Crippen LogP contribution >= 0.6 is 0 Å². The number of rotatable bonds is 5. The van der Waals surface area contributed by atoms with E-state index in [2.05, 4.69) is 15.2 Å². The molecule has 3 rings (SSSR count). The lowest BCUT2D eigenvalue weighted by atomic mass is 10.1. The van der Waals surface area contributed by atoms with Gasteiger partial charge in [-0.15, -0.1) is 0 Å². The molecule has 5 nitrogen and oxygen atoms in total. The fourth-order valence-electron chi connectivity index (χ4n) is 2.29. The normalized spacial score (nSPS) is 10.6. The molecule has 0 saturated heterocycles. The van der Waals surface area contributed by atoms with Gasteiger partial charge in [-0.2, -0.15) is 5.10 Å². The van der Waals surface area contributed by atoms with E-state index in [0.717, 1.165) is 22.4 Å². The highest BCUT2D eigenvalue weighted by atomic mass is 16.5. The summed E-state index contributed by atoms with van der Waals surface area (Å²) in [6, 6.07) is 15.2. The zero-order valence-electron chi connectivity index (χ0n) is 12.3. The molecule has 0 amide bonds. The Hall–Kier alpha value is -2.66. The predicted octanol–water partition coefficient (Wildman–Crippen LogP) is 3.03. The number of aromatic nitrogens is 3. The van der Waals surface area contributed by atoms with Crippen molar-refractivity contribution in [3.05, 3.63) is 54.1 Å². The predicted molar refractivity (Wildman–Crippen MR) is 84.3 cm³/mol. The number of H-pyrrole nitrogens is 1. The smallest absolute Gasteiger partial charge is 0.181 e. The van der Waals surface area contributed by atoms with Gasteiger partial charge in [0.25, 0.3) is 0 Å². The third kappa shape index (κ3) is 2.84. The van der Waals surface area contributed by atoms with E-state index in [1.807, 2.05) is 55.5 Å². The van der Waals surface area contributed by atoms with Crippen LogP contribution in [-0.2, 0) is 6.61 Å². The number of ether oxygens (including phenoxy) is 1. The third-order valence-corrected chi connectivity index (χ3v) is 3.33. The summed E-state index contributed by atoms with van der Waals surface area (Å²) in [6.45, 7) is 2.53. The summed E-state index contributed by atoms with van der Waals surface area (Å²) in [5, 5.41) is 16.6. The molecule has 1 aromatic heterocycles. The lowest BCUT2D eigenvalue weighted by Gasteiger charge is -2.04. The van der Waals surface area contributed by atoms with Crippen molar-refractivity contribution in [3.63, 3.8) is 0 Å². The Labute approximate surface area is 128 Å². The van der Waals surface area contributed by atoms with Crippen molar-refractivity contribution in [2.45, 2.75) is 13.5 Å². The van der Waals surface area contributed by atoms with Crippen LogP contribution in [-0.4, -0.2) is 26.9 Å². The summed E-state index contributed by atoms with van der Waals surface area (Å²) in [5.74, 6) is 2.04. The number of benzene rings is 2. The van der Waals surface area contributed by atoms with E-state index in [-0.39, 0.29) is 6.61 Å². The highest BCUT2D eigenvalue weighted by molar-refractivity contribution is 5.64. The Morgan fingerprint density at radius 1 is 1.14 bits per heavy atom. The minimum atomic E-state index is -0.0418. The van der Waals surface area contributed by atoms with E-state index in [9.17, 15) is 5.11 Å². The monoisotopic (exact) mass is 295 g/mol. The summed E-state index contributed by atoms with van der Waals surface area (Å²) < 4.78 is 5.50. The molecule has 0 radical (unpaired) electrons. The summed E-state index contributed by atoms with van der Waals surface area (Å²) in [6.07, 6.45) is 0. The van der Waals surface area contributed by atoms with Gasteiger partial charge < -0.3 is 9.84 Å². The Morgan fingerprint density at radius 3 is 2.82 bits per heavy atom. The molecule has 5 heteroatoms. The summed E-state index contributed by atoms with van der Waals surface area (Å²) in [5.41, 5.74) is 2.54. The van der Waals surface area contributed by atoms with Crippen molar-refractivity contribution >= 4 is 0 Å². The zero-order valence-corrected chi connectivity index (χ0v) is 12.3. The fourth-order valence-corrected chi connectivity index (χ4v) is 2.29. The van der Waals surface area contributed by atoms with Gasteiger partial charge in [0, 0.05) is 11.1 Å². The maximum absolute atomic E-state index is 9.42. The van der Waals surface area contributed by atoms with Crippen molar-refractivity contribution in [2.75, 3.05) is 6.61 Å². The average Bonchev–Trinajstić information content (AvgIpc) is 3.05. The molecule has 0 spiro atoms. The second kappa shape index (κ2) is 6.41. The molecule has 0 saturated carbocycles. The number of aromatic amines is 1. The van der Waals surface area contributed by atoms with Crippen LogP contribution in [0.4, 0.5) is 0 Å². The van der Waals surface area contributed by atoms with E-state index in [4.69, 9.17) is 4.74 Å². The van der Waals surface area contributed by atoms with Gasteiger partial charge in [0.2, 0.25) is 0 Å². The number of aliphatic hydroxyl groups excluding tert-OH is 1. The number of nitrogens with one attached hydrogen (secondary N) is 1. The number of nitrogens with zero attached hydrogens (tertiary/aromatic N) is 2. The lowest BCUT2D eigenvalue weighted by Crippen LogP contribution is -1.92. The molecule has 0 fully saturated rings. The molecule has 112 valence electrons. The molecule has 0 unspecified atom stereocenters. The SMILES string of the molecule is CCOc1cccc(-c2nc(-c3ccccc3CO)n[nH]2)c1. The lowest BCUT2D eigenvalue weighted by molar-refractivity contribution is 0.282. The van der Waals surface area contributed by atoms with E-state index in [1.54, 1.807) is 0 Å². The molecule has 2 aromatic carbocycles. The first kappa shape index (κ1) is 14.3. The molecule has 0 bridgehead atoms. The van der Waals surface area contributed by atoms with Gasteiger partial charge in [0.1, 0.15) is 5.75 Å². The van der Waals surface area contributed by atoms with Crippen LogP contribution in [0.3, 0.4) is 0 Å². The fraction of sp³-hybridized carbons (Fsp3) is 0.176. The Balaban J connectivity index is 1.95. The molecule has 2 N–H and O–H groups in total. The zero-order chi connectivity index (χ0) is 15.4. The van der Waals surface area contributed by atoms with Gasteiger partial charge in [0.05, 0.1) is 13.2 Å². The van der Waals surface area contributed by atoms with E-state index in [0.29, 0.717) is 18.3 Å². The number of aliphatic hydroxyl groups is 1. The van der Waals surface area contributed by atoms with Gasteiger partial charge in [-0.3, -0.25) is 5.10 Å². The standard InChI is InChI=1S/C17H17N3O2/c1-2-22-14-8-5-7-12(10-14)16-18-17(20-19-16)15-9-4-3-6-13(15)11-21/h3-10,21H,2,11H2,1H3,(H,18,19,20). The van der Waals surface area contributed by atoms with Crippen molar-refractivity contribution in [1.82, 2.24) is 15.2 Å². The molecule has 0 aliphatic heterocycles. The van der Waals surface area contributed by atoms with E-state index in [1.165, 1.54) is 0 Å². The topological polar surface area (TPSA) is 71.0 Å². The van der Waals surface area contributed by atoms with Gasteiger partial charge in [-0.25, -0.2) is 4.98 Å². The second-order valence-corrected chi connectivity index (χ2v) is 4.78. The van der Waals surface area contributed by atoms with Crippen LogP contribution in [0, 0.1) is 0 Å². The molecular formula is C17H17N3O2. The van der Waals surface area contributed by atoms with Crippen LogP contribution in [0.25, 0.3) is 22.8 Å². The first-order valence-corrected chi connectivity index (χ1v) is 7.16. The summed E-state index contributed by atoms with van der Waals surface area (Å²) in [7, 11) is 0. The van der Waals surface area contributed by atoms with E-state index >= 15 is 0 Å². The highest BCUT2D eigenvalue weighted by Gasteiger charge is 2.11. The Morgan fingerprint density at radius 2 is 2.00 bits per heavy atom. The minimum absolute atomic E-state index is 0.0418. The molecule has 1 heterocycles. The van der Waals surface area contributed by atoms with Crippen LogP contribution in [0.5, 0.6) is 5.75 Å². The Bertz CT molecular complexity index is 768. The average molecular weight is 295 g/mol. The highest BCUT2D eigenvalue weighted by Crippen LogP contribution is 2.25. The summed E-state index contributed by atoms with van der Waals surface area (Å²) >= 11 is 0. The van der Waals surface area contributed by atoms with E-state index < -0.39 is 0 Å². The van der Waals surface area contributed by atoms with Crippen LogP contribution < -0.4 is 4.74 Å².